The molecule has 0 saturated carbocycles. The van der Waals surface area contributed by atoms with Crippen LogP contribution in [0.1, 0.15) is 35.1 Å². The molecule has 5 heterocycles. The molecule has 2 saturated heterocycles. The molecule has 4 aromatic carbocycles. The molecule has 10 nitrogen and oxygen atoms in total. The van der Waals surface area contributed by atoms with E-state index in [1.54, 1.807) is 4.68 Å². The van der Waals surface area contributed by atoms with Gasteiger partial charge in [0.25, 0.3) is 11.8 Å². The number of rotatable bonds is 5. The van der Waals surface area contributed by atoms with E-state index in [1.165, 1.54) is 0 Å². The Morgan fingerprint density at radius 1 is 0.696 bits per heavy atom. The first-order valence-corrected chi connectivity index (χ1v) is 21.4. The third-order valence-electron chi connectivity index (χ3n) is 10.9. The van der Waals surface area contributed by atoms with E-state index < -0.39 is 5.66 Å². The molecule has 4 aliphatic heterocycles. The molecular weight excluding hydrogens is 975 g/mol. The first-order chi connectivity index (χ1) is 27.1. The fourth-order valence-electron chi connectivity index (χ4n) is 8.22. The van der Waals surface area contributed by atoms with Crippen LogP contribution in [0, 0.1) is 20.0 Å². The highest BCUT2D eigenvalue weighted by Crippen LogP contribution is 2.46. The average molecular weight is 1010 g/mol. The summed E-state index contributed by atoms with van der Waals surface area (Å²) in [5.41, 5.74) is 6.23. The number of carbonyl (C=O) groups is 2. The van der Waals surface area contributed by atoms with Gasteiger partial charge < -0.3 is 14.5 Å². The van der Waals surface area contributed by atoms with Crippen molar-refractivity contribution in [2.75, 3.05) is 54.2 Å². The molecule has 9 rings (SSSR count). The van der Waals surface area contributed by atoms with E-state index in [0.717, 1.165) is 59.7 Å². The number of piperidine rings is 1. The molecule has 14 heteroatoms. The number of amides is 2. The number of carbonyl (C=O) groups excluding carboxylic acids is 2. The van der Waals surface area contributed by atoms with Crippen molar-refractivity contribution in [1.82, 2.24) is 14.7 Å². The third kappa shape index (κ3) is 7.25. The van der Waals surface area contributed by atoms with Gasteiger partial charge in [-0.2, -0.15) is 10.2 Å². The summed E-state index contributed by atoms with van der Waals surface area (Å²) in [7, 11) is 0. The maximum atomic E-state index is 14.4. The van der Waals surface area contributed by atoms with E-state index in [2.05, 4.69) is 55.2 Å². The van der Waals surface area contributed by atoms with Crippen LogP contribution >= 0.6 is 68.4 Å². The Morgan fingerprint density at radius 2 is 1.23 bits per heavy atom. The predicted molar refractivity (Wildman–Crippen MR) is 240 cm³/mol. The van der Waals surface area contributed by atoms with Gasteiger partial charge >= 0.3 is 0 Å². The van der Waals surface area contributed by atoms with Crippen LogP contribution in [0.3, 0.4) is 0 Å². The Bertz CT molecular complexity index is 2280. The highest BCUT2D eigenvalue weighted by molar-refractivity contribution is 14.1. The second kappa shape index (κ2) is 16.4. The molecule has 5 aromatic rings. The SMILES string of the molecule is CC1=NN(c2ccc(Cl)cc2)[C@@]2(N3CCOCC3)C(=O)N(c3ccc(I)cc3)CC[C@@H]12.Cc1nn(-c2ccc(Cl)cc2)c2c1CCN(c1ccc(I)cc1)C2=O. The Kier molecular flexibility index (Phi) is 11.5. The second-order valence-electron chi connectivity index (χ2n) is 14.1. The second-order valence-corrected chi connectivity index (χ2v) is 17.5. The van der Waals surface area contributed by atoms with Crippen LogP contribution in [0.25, 0.3) is 5.69 Å². The van der Waals surface area contributed by atoms with Crippen molar-refractivity contribution < 1.29 is 14.3 Å². The number of benzene rings is 4. The van der Waals surface area contributed by atoms with Crippen molar-refractivity contribution in [3.8, 4) is 5.69 Å². The van der Waals surface area contributed by atoms with Crippen molar-refractivity contribution in [2.24, 2.45) is 11.0 Å². The van der Waals surface area contributed by atoms with Crippen LogP contribution in [0.5, 0.6) is 0 Å². The summed E-state index contributed by atoms with van der Waals surface area (Å²) in [5.74, 6) is 0.0780. The first kappa shape index (κ1) is 39.3. The van der Waals surface area contributed by atoms with Crippen LogP contribution in [0.15, 0.2) is 102 Å². The van der Waals surface area contributed by atoms with E-state index in [4.69, 9.17) is 33.0 Å². The lowest BCUT2D eigenvalue weighted by molar-refractivity contribution is -0.139. The third-order valence-corrected chi connectivity index (χ3v) is 12.8. The molecule has 1 aromatic heterocycles. The molecule has 56 heavy (non-hydrogen) atoms. The minimum absolute atomic E-state index is 0.0157. The van der Waals surface area contributed by atoms with Gasteiger partial charge in [-0.05, 0) is 169 Å². The zero-order valence-corrected chi connectivity index (χ0v) is 36.7. The molecule has 2 fully saturated rings. The summed E-state index contributed by atoms with van der Waals surface area (Å²) in [6, 6.07) is 31.1. The zero-order chi connectivity index (χ0) is 39.1. The highest BCUT2D eigenvalue weighted by atomic mass is 127. The van der Waals surface area contributed by atoms with Gasteiger partial charge in [-0.25, -0.2) is 9.69 Å². The highest BCUT2D eigenvalue weighted by Gasteiger charge is 2.63. The summed E-state index contributed by atoms with van der Waals surface area (Å²) in [5, 5.41) is 12.8. The van der Waals surface area contributed by atoms with Gasteiger partial charge in [0, 0.05) is 71.9 Å². The van der Waals surface area contributed by atoms with Gasteiger partial charge in [0.05, 0.1) is 30.3 Å². The maximum absolute atomic E-state index is 14.4. The number of hydrazone groups is 1. The Morgan fingerprint density at radius 3 is 1.82 bits per heavy atom. The smallest absolute Gasteiger partial charge is 0.277 e. The molecule has 0 unspecified atom stereocenters. The molecule has 0 spiro atoms. The van der Waals surface area contributed by atoms with Crippen molar-refractivity contribution in [1.29, 1.82) is 0 Å². The number of nitrogens with zero attached hydrogens (tertiary/aromatic N) is 7. The monoisotopic (exact) mass is 1010 g/mol. The molecule has 0 bridgehead atoms. The lowest BCUT2D eigenvalue weighted by Gasteiger charge is -2.53. The maximum Gasteiger partial charge on any atom is 0.277 e. The number of anilines is 3. The molecule has 0 aliphatic carbocycles. The Balaban J connectivity index is 0.000000161. The number of hydrogen-bond acceptors (Lipinski definition) is 7. The van der Waals surface area contributed by atoms with Crippen LogP contribution in [0.2, 0.25) is 10.0 Å². The van der Waals surface area contributed by atoms with Gasteiger partial charge in [0.1, 0.15) is 5.69 Å². The summed E-state index contributed by atoms with van der Waals surface area (Å²) in [4.78, 5) is 33.7. The summed E-state index contributed by atoms with van der Waals surface area (Å²) >= 11 is 16.7. The van der Waals surface area contributed by atoms with Gasteiger partial charge in [-0.3, -0.25) is 14.5 Å². The quantitative estimate of drug-likeness (QED) is 0.164. The average Bonchev–Trinajstić information content (AvgIpc) is 3.72. The predicted octanol–water partition coefficient (Wildman–Crippen LogP) is 8.86. The lowest BCUT2D eigenvalue weighted by atomic mass is 9.80. The molecular formula is C42H39Cl2I2N7O3. The van der Waals surface area contributed by atoms with E-state index >= 15 is 0 Å². The van der Waals surface area contributed by atoms with Crippen molar-refractivity contribution in [2.45, 2.75) is 32.4 Å². The molecule has 288 valence electrons. The molecule has 2 atom stereocenters. The van der Waals surface area contributed by atoms with Crippen LogP contribution in [-0.2, 0) is 16.0 Å². The van der Waals surface area contributed by atoms with Gasteiger partial charge in [0.15, 0.2) is 0 Å². The minimum Gasteiger partial charge on any atom is -0.379 e. The summed E-state index contributed by atoms with van der Waals surface area (Å²) < 4.78 is 9.67. The van der Waals surface area contributed by atoms with Crippen LogP contribution in [0.4, 0.5) is 17.1 Å². The number of hydrogen-bond donors (Lipinski definition) is 0. The number of halogens is 4. The van der Waals surface area contributed by atoms with Crippen molar-refractivity contribution in [3.05, 3.63) is 131 Å². The van der Waals surface area contributed by atoms with Crippen LogP contribution in [-0.4, -0.2) is 77.3 Å². The van der Waals surface area contributed by atoms with E-state index in [0.29, 0.717) is 55.1 Å². The van der Waals surface area contributed by atoms with Crippen molar-refractivity contribution in [3.63, 3.8) is 0 Å². The van der Waals surface area contributed by atoms with Crippen LogP contribution < -0.4 is 14.8 Å². The van der Waals surface area contributed by atoms with E-state index in [1.807, 2.05) is 126 Å². The van der Waals surface area contributed by atoms with Gasteiger partial charge in [-0.1, -0.05) is 23.2 Å². The molecule has 4 aliphatic rings. The number of ether oxygens (including phenoxy) is 1. The minimum atomic E-state index is -0.900. The number of morpholine rings is 1. The zero-order valence-electron chi connectivity index (χ0n) is 30.8. The largest absolute Gasteiger partial charge is 0.379 e. The molecule has 0 N–H and O–H groups in total. The van der Waals surface area contributed by atoms with E-state index in [9.17, 15) is 9.59 Å². The fourth-order valence-corrected chi connectivity index (χ4v) is 9.19. The normalized spacial score (nSPS) is 21.0. The summed E-state index contributed by atoms with van der Waals surface area (Å²) in [6.45, 7) is 7.95. The number of aromatic nitrogens is 2. The van der Waals surface area contributed by atoms with Gasteiger partial charge in [0.2, 0.25) is 5.66 Å². The standard InChI is InChI=1S/C23H24ClIN4O2.C19H15ClIN3O/c1-16-21-10-11-28(19-8-4-18(25)5-9-19)22(30)23(21,27-12-14-31-15-13-27)29(26-16)20-6-2-17(24)3-7-20;1-12-17-10-11-23(15-8-4-14(21)5-9-15)19(25)18(17)24(22-12)16-6-2-13(20)3-7-16/h2-9,21H,10-15H2,1H3;2-9H,10-11H2,1H3/t21-,23+;/m0./s1. The van der Waals surface area contributed by atoms with E-state index in [-0.39, 0.29) is 17.7 Å². The summed E-state index contributed by atoms with van der Waals surface area (Å²) in [6.07, 6.45) is 1.65. The Labute approximate surface area is 363 Å². The van der Waals surface area contributed by atoms with Crippen molar-refractivity contribution >= 4 is 103 Å². The molecule has 0 radical (unpaired) electrons. The Hall–Kier alpha value is -3.54. The topological polar surface area (TPSA) is 86.5 Å². The van der Waals surface area contributed by atoms with Gasteiger partial charge in [-0.15, -0.1) is 0 Å². The fraction of sp³-hybridized carbons (Fsp3) is 0.286. The lowest BCUT2D eigenvalue weighted by Crippen LogP contribution is -2.74. The first-order valence-electron chi connectivity index (χ1n) is 18.5. The number of fused-ring (bicyclic) bond motifs is 2. The molecule has 2 amide bonds. The number of aryl methyl sites for hydroxylation is 1.